The predicted molar refractivity (Wildman–Crippen MR) is 104 cm³/mol. The van der Waals surface area contributed by atoms with Crippen molar-refractivity contribution in [2.45, 2.75) is 39.2 Å². The molecule has 0 bridgehead atoms. The molecule has 3 rings (SSSR count). The van der Waals surface area contributed by atoms with Crippen LogP contribution in [0.3, 0.4) is 0 Å². The van der Waals surface area contributed by atoms with Crippen LogP contribution in [0.5, 0.6) is 11.5 Å². The van der Waals surface area contributed by atoms with Gasteiger partial charge in [0, 0.05) is 43.5 Å². The molecule has 1 aliphatic rings. The number of carbonyl (C=O) groups excluding carboxylic acids is 1. The first-order valence-corrected chi connectivity index (χ1v) is 9.55. The Bertz CT molecular complexity index is 777. The second-order valence-corrected chi connectivity index (χ2v) is 7.40. The van der Waals surface area contributed by atoms with E-state index in [1.54, 1.807) is 32.4 Å². The van der Waals surface area contributed by atoms with Gasteiger partial charge in [-0.25, -0.2) is 4.98 Å². The minimum atomic E-state index is 0.0555. The van der Waals surface area contributed by atoms with Crippen molar-refractivity contribution < 1.29 is 14.3 Å². The molecule has 0 atom stereocenters. The second-order valence-electron chi connectivity index (χ2n) is 7.40. The number of likely N-dealkylation sites (tertiary alicyclic amines) is 1. The third-order valence-electron chi connectivity index (χ3n) is 5.25. The van der Waals surface area contributed by atoms with Gasteiger partial charge in [-0.3, -0.25) is 4.79 Å². The van der Waals surface area contributed by atoms with E-state index >= 15 is 0 Å². The van der Waals surface area contributed by atoms with Crippen LogP contribution in [-0.2, 0) is 6.54 Å². The van der Waals surface area contributed by atoms with Crippen molar-refractivity contribution in [3.05, 3.63) is 42.0 Å². The van der Waals surface area contributed by atoms with Gasteiger partial charge in [-0.2, -0.15) is 0 Å². The van der Waals surface area contributed by atoms with Gasteiger partial charge in [-0.15, -0.1) is 0 Å². The Morgan fingerprint density at radius 2 is 1.89 bits per heavy atom. The van der Waals surface area contributed by atoms with Crippen molar-refractivity contribution in [1.29, 1.82) is 0 Å². The summed E-state index contributed by atoms with van der Waals surface area (Å²) in [7, 11) is 3.17. The van der Waals surface area contributed by atoms with Crippen LogP contribution < -0.4 is 9.47 Å². The number of hydrogen-bond donors (Lipinski definition) is 0. The average Bonchev–Trinajstić information content (AvgIpc) is 3.16. The van der Waals surface area contributed by atoms with Crippen molar-refractivity contribution >= 4 is 5.91 Å². The third kappa shape index (κ3) is 4.26. The highest BCUT2D eigenvalue weighted by Gasteiger charge is 2.25. The lowest BCUT2D eigenvalue weighted by atomic mass is 9.96. The standard InChI is InChI=1S/C21H29N3O3/c1-15(2)20-22-9-12-24(20)14-16-7-10-23(11-8-16)21(25)17-5-6-18(26-3)19(13-17)27-4/h5-6,9,12-13,15-16H,7-8,10-11,14H2,1-4H3. The summed E-state index contributed by atoms with van der Waals surface area (Å²) < 4.78 is 12.8. The predicted octanol–water partition coefficient (Wildman–Crippen LogP) is 3.58. The van der Waals surface area contributed by atoms with E-state index in [1.165, 1.54) is 0 Å². The minimum Gasteiger partial charge on any atom is -0.493 e. The van der Waals surface area contributed by atoms with Gasteiger partial charge in [-0.1, -0.05) is 13.8 Å². The molecule has 1 aliphatic heterocycles. The van der Waals surface area contributed by atoms with E-state index in [1.807, 2.05) is 11.1 Å². The van der Waals surface area contributed by atoms with E-state index in [4.69, 9.17) is 9.47 Å². The summed E-state index contributed by atoms with van der Waals surface area (Å²) in [5.41, 5.74) is 0.641. The van der Waals surface area contributed by atoms with Crippen molar-refractivity contribution in [2.75, 3.05) is 27.3 Å². The monoisotopic (exact) mass is 371 g/mol. The first kappa shape index (κ1) is 19.3. The highest BCUT2D eigenvalue weighted by Crippen LogP contribution is 2.29. The number of nitrogens with zero attached hydrogens (tertiary/aromatic N) is 3. The van der Waals surface area contributed by atoms with E-state index in [0.717, 1.165) is 38.3 Å². The molecule has 0 N–H and O–H groups in total. The Hall–Kier alpha value is -2.50. The molecule has 1 aromatic carbocycles. The quantitative estimate of drug-likeness (QED) is 0.779. The number of methoxy groups -OCH3 is 2. The number of amides is 1. The topological polar surface area (TPSA) is 56.6 Å². The van der Waals surface area contributed by atoms with E-state index in [2.05, 4.69) is 29.6 Å². The summed E-state index contributed by atoms with van der Waals surface area (Å²) in [6.07, 6.45) is 5.96. The van der Waals surface area contributed by atoms with Crippen molar-refractivity contribution in [1.82, 2.24) is 14.5 Å². The van der Waals surface area contributed by atoms with Crippen LogP contribution >= 0.6 is 0 Å². The maximum Gasteiger partial charge on any atom is 0.253 e. The highest BCUT2D eigenvalue weighted by atomic mass is 16.5. The lowest BCUT2D eigenvalue weighted by Gasteiger charge is -2.32. The van der Waals surface area contributed by atoms with Gasteiger partial charge in [0.15, 0.2) is 11.5 Å². The summed E-state index contributed by atoms with van der Waals surface area (Å²) >= 11 is 0. The fraction of sp³-hybridized carbons (Fsp3) is 0.524. The molecule has 1 aromatic heterocycles. The molecule has 2 aromatic rings. The van der Waals surface area contributed by atoms with Crippen LogP contribution in [0.4, 0.5) is 0 Å². The lowest BCUT2D eigenvalue weighted by molar-refractivity contribution is 0.0682. The van der Waals surface area contributed by atoms with Crippen molar-refractivity contribution in [3.8, 4) is 11.5 Å². The Labute approximate surface area is 161 Å². The van der Waals surface area contributed by atoms with Gasteiger partial charge in [0.2, 0.25) is 0 Å². The Balaban J connectivity index is 1.60. The molecule has 1 fully saturated rings. The lowest BCUT2D eigenvalue weighted by Crippen LogP contribution is -2.39. The summed E-state index contributed by atoms with van der Waals surface area (Å²) in [6.45, 7) is 6.88. The van der Waals surface area contributed by atoms with Crippen LogP contribution in [0.1, 0.15) is 48.8 Å². The van der Waals surface area contributed by atoms with Crippen LogP contribution in [0.15, 0.2) is 30.6 Å². The van der Waals surface area contributed by atoms with Crippen LogP contribution in [-0.4, -0.2) is 47.7 Å². The Morgan fingerprint density at radius 3 is 2.52 bits per heavy atom. The van der Waals surface area contributed by atoms with Crippen LogP contribution in [0, 0.1) is 5.92 Å². The molecule has 6 nitrogen and oxygen atoms in total. The molecule has 6 heteroatoms. The largest absolute Gasteiger partial charge is 0.493 e. The molecule has 0 saturated carbocycles. The van der Waals surface area contributed by atoms with Gasteiger partial charge in [0.25, 0.3) is 5.91 Å². The second kappa shape index (κ2) is 8.46. The zero-order valence-corrected chi connectivity index (χ0v) is 16.6. The zero-order chi connectivity index (χ0) is 19.4. The van der Waals surface area contributed by atoms with Gasteiger partial charge in [0.1, 0.15) is 5.82 Å². The fourth-order valence-electron chi connectivity index (χ4n) is 3.72. The molecular weight excluding hydrogens is 342 g/mol. The fourth-order valence-corrected chi connectivity index (χ4v) is 3.72. The summed E-state index contributed by atoms with van der Waals surface area (Å²) in [5.74, 6) is 3.41. The number of benzene rings is 1. The molecule has 0 unspecified atom stereocenters. The number of rotatable bonds is 6. The number of piperidine rings is 1. The van der Waals surface area contributed by atoms with E-state index in [-0.39, 0.29) is 5.91 Å². The summed E-state index contributed by atoms with van der Waals surface area (Å²) in [5, 5.41) is 0. The minimum absolute atomic E-state index is 0.0555. The van der Waals surface area contributed by atoms with Gasteiger partial charge in [-0.05, 0) is 37.0 Å². The van der Waals surface area contributed by atoms with Crippen LogP contribution in [0.25, 0.3) is 0 Å². The van der Waals surface area contributed by atoms with Crippen molar-refractivity contribution in [2.24, 2.45) is 5.92 Å². The average molecular weight is 371 g/mol. The van der Waals surface area contributed by atoms with Crippen LogP contribution in [0.2, 0.25) is 0 Å². The number of imidazole rings is 1. The number of hydrogen-bond acceptors (Lipinski definition) is 4. The number of carbonyl (C=O) groups is 1. The zero-order valence-electron chi connectivity index (χ0n) is 16.6. The number of aromatic nitrogens is 2. The summed E-state index contributed by atoms with van der Waals surface area (Å²) in [4.78, 5) is 19.3. The van der Waals surface area contributed by atoms with Crippen molar-refractivity contribution in [3.63, 3.8) is 0 Å². The normalized spacial score (nSPS) is 15.2. The molecule has 146 valence electrons. The maximum atomic E-state index is 12.8. The first-order valence-electron chi connectivity index (χ1n) is 9.55. The molecule has 1 saturated heterocycles. The van der Waals surface area contributed by atoms with Gasteiger partial charge < -0.3 is 18.9 Å². The Morgan fingerprint density at radius 1 is 1.19 bits per heavy atom. The highest BCUT2D eigenvalue weighted by molar-refractivity contribution is 5.95. The third-order valence-corrected chi connectivity index (χ3v) is 5.25. The molecule has 0 aliphatic carbocycles. The first-order chi connectivity index (χ1) is 13.0. The molecular formula is C21H29N3O3. The SMILES string of the molecule is COc1ccc(C(=O)N2CCC(Cn3ccnc3C(C)C)CC2)cc1OC. The smallest absolute Gasteiger partial charge is 0.253 e. The summed E-state index contributed by atoms with van der Waals surface area (Å²) in [6, 6.07) is 5.34. The molecule has 27 heavy (non-hydrogen) atoms. The molecule has 0 radical (unpaired) electrons. The van der Waals surface area contributed by atoms with E-state index in [9.17, 15) is 4.79 Å². The van der Waals surface area contributed by atoms with Gasteiger partial charge in [0.05, 0.1) is 14.2 Å². The Kier molecular flexibility index (Phi) is 6.04. The maximum absolute atomic E-state index is 12.8. The van der Waals surface area contributed by atoms with E-state index < -0.39 is 0 Å². The molecule has 2 heterocycles. The number of ether oxygens (including phenoxy) is 2. The van der Waals surface area contributed by atoms with Gasteiger partial charge >= 0.3 is 0 Å². The van der Waals surface area contributed by atoms with E-state index in [0.29, 0.717) is 28.9 Å². The molecule has 1 amide bonds. The molecule has 0 spiro atoms.